The molecular formula is C10H21ClN2O3. The van der Waals surface area contributed by atoms with Crippen molar-refractivity contribution in [2.24, 2.45) is 5.73 Å². The van der Waals surface area contributed by atoms with Gasteiger partial charge in [-0.05, 0) is 13.8 Å². The number of halogens is 1. The number of carbonyl (C=O) groups excluding carboxylic acids is 1. The molecule has 5 nitrogen and oxygen atoms in total. The standard InChI is InChI=1S/C10H20N2O3.ClH/c1-10(2,11)7-12-4-5-15-8(6-12)9(13)14-3;/h8H,4-7,11H2,1-3H3;1H. The number of hydrogen-bond acceptors (Lipinski definition) is 5. The first kappa shape index (κ1) is 15.6. The Morgan fingerprint density at radius 2 is 2.25 bits per heavy atom. The molecule has 0 aromatic heterocycles. The summed E-state index contributed by atoms with van der Waals surface area (Å²) < 4.78 is 9.96. The fraction of sp³-hybridized carbons (Fsp3) is 0.900. The lowest BCUT2D eigenvalue weighted by Gasteiger charge is -2.35. The van der Waals surface area contributed by atoms with Crippen molar-refractivity contribution in [3.8, 4) is 0 Å². The van der Waals surface area contributed by atoms with Gasteiger partial charge in [-0.15, -0.1) is 12.4 Å². The first-order valence-electron chi connectivity index (χ1n) is 5.13. The smallest absolute Gasteiger partial charge is 0.336 e. The number of carbonyl (C=O) groups is 1. The molecule has 1 unspecified atom stereocenters. The lowest BCUT2D eigenvalue weighted by Crippen LogP contribution is -2.53. The molecule has 0 aliphatic carbocycles. The van der Waals surface area contributed by atoms with E-state index in [1.807, 2.05) is 13.8 Å². The van der Waals surface area contributed by atoms with Gasteiger partial charge in [0, 0.05) is 25.2 Å². The van der Waals surface area contributed by atoms with E-state index < -0.39 is 6.10 Å². The molecule has 1 rings (SSSR count). The van der Waals surface area contributed by atoms with Gasteiger partial charge in [-0.25, -0.2) is 4.79 Å². The zero-order chi connectivity index (χ0) is 11.5. The van der Waals surface area contributed by atoms with Crippen molar-refractivity contribution >= 4 is 18.4 Å². The monoisotopic (exact) mass is 252 g/mol. The van der Waals surface area contributed by atoms with Crippen molar-refractivity contribution in [3.05, 3.63) is 0 Å². The summed E-state index contributed by atoms with van der Waals surface area (Å²) in [4.78, 5) is 13.4. The van der Waals surface area contributed by atoms with Crippen LogP contribution in [0.4, 0.5) is 0 Å². The first-order chi connectivity index (χ1) is 6.92. The topological polar surface area (TPSA) is 64.8 Å². The molecule has 1 atom stereocenters. The second kappa shape index (κ2) is 6.39. The Morgan fingerprint density at radius 3 is 2.75 bits per heavy atom. The minimum Gasteiger partial charge on any atom is -0.467 e. The third-order valence-electron chi connectivity index (χ3n) is 2.25. The largest absolute Gasteiger partial charge is 0.467 e. The number of methoxy groups -OCH3 is 1. The second-order valence-electron chi connectivity index (χ2n) is 4.61. The SMILES string of the molecule is COC(=O)C1CN(CC(C)(C)N)CCO1.Cl. The minimum absolute atomic E-state index is 0. The van der Waals surface area contributed by atoms with Crippen LogP contribution in [0.25, 0.3) is 0 Å². The van der Waals surface area contributed by atoms with Crippen molar-refractivity contribution in [1.29, 1.82) is 0 Å². The Bertz CT molecular complexity index is 231. The van der Waals surface area contributed by atoms with E-state index >= 15 is 0 Å². The van der Waals surface area contributed by atoms with Crippen LogP contribution in [0.3, 0.4) is 0 Å². The Hall–Kier alpha value is -0.360. The number of hydrogen-bond donors (Lipinski definition) is 1. The zero-order valence-electron chi connectivity index (χ0n) is 10.1. The van der Waals surface area contributed by atoms with Crippen LogP contribution in [0.1, 0.15) is 13.8 Å². The molecule has 96 valence electrons. The van der Waals surface area contributed by atoms with E-state index in [1.165, 1.54) is 7.11 Å². The third kappa shape index (κ3) is 5.12. The molecule has 6 heteroatoms. The quantitative estimate of drug-likeness (QED) is 0.718. The zero-order valence-corrected chi connectivity index (χ0v) is 10.9. The van der Waals surface area contributed by atoms with Crippen LogP contribution >= 0.6 is 12.4 Å². The molecule has 1 aliphatic heterocycles. The lowest BCUT2D eigenvalue weighted by atomic mass is 10.1. The summed E-state index contributed by atoms with van der Waals surface area (Å²) in [6.45, 7) is 6.62. The van der Waals surface area contributed by atoms with Gasteiger partial charge in [0.1, 0.15) is 0 Å². The molecule has 0 bridgehead atoms. The van der Waals surface area contributed by atoms with Crippen molar-refractivity contribution < 1.29 is 14.3 Å². The van der Waals surface area contributed by atoms with Crippen LogP contribution in [-0.2, 0) is 14.3 Å². The highest BCUT2D eigenvalue weighted by Crippen LogP contribution is 2.09. The number of rotatable bonds is 3. The number of morpholine rings is 1. The summed E-state index contributed by atoms with van der Waals surface area (Å²) >= 11 is 0. The highest BCUT2D eigenvalue weighted by atomic mass is 35.5. The van der Waals surface area contributed by atoms with E-state index in [2.05, 4.69) is 9.64 Å². The van der Waals surface area contributed by atoms with Crippen LogP contribution in [-0.4, -0.2) is 55.9 Å². The number of ether oxygens (including phenoxy) is 2. The highest BCUT2D eigenvalue weighted by Gasteiger charge is 2.29. The Kier molecular flexibility index (Phi) is 6.25. The third-order valence-corrected chi connectivity index (χ3v) is 2.25. The fourth-order valence-electron chi connectivity index (χ4n) is 1.70. The molecule has 1 aliphatic rings. The number of nitrogens with zero attached hydrogens (tertiary/aromatic N) is 1. The van der Waals surface area contributed by atoms with E-state index in [0.717, 1.165) is 13.1 Å². The molecule has 0 saturated carbocycles. The Labute approximate surface area is 103 Å². The van der Waals surface area contributed by atoms with Crippen molar-refractivity contribution in [1.82, 2.24) is 4.90 Å². The summed E-state index contributed by atoms with van der Waals surface area (Å²) in [5.41, 5.74) is 5.67. The average Bonchev–Trinajstić information content (AvgIpc) is 2.14. The van der Waals surface area contributed by atoms with Gasteiger partial charge < -0.3 is 15.2 Å². The van der Waals surface area contributed by atoms with Crippen molar-refractivity contribution in [2.45, 2.75) is 25.5 Å². The van der Waals surface area contributed by atoms with Crippen LogP contribution in [0.5, 0.6) is 0 Å². The predicted octanol–water partition coefficient (Wildman–Crippen LogP) is 0.0193. The van der Waals surface area contributed by atoms with Gasteiger partial charge in [0.05, 0.1) is 13.7 Å². The summed E-state index contributed by atoms with van der Waals surface area (Å²) in [7, 11) is 1.37. The van der Waals surface area contributed by atoms with E-state index in [0.29, 0.717) is 13.2 Å². The van der Waals surface area contributed by atoms with E-state index in [4.69, 9.17) is 10.5 Å². The Morgan fingerprint density at radius 1 is 1.62 bits per heavy atom. The molecule has 16 heavy (non-hydrogen) atoms. The molecule has 0 aromatic rings. The number of esters is 1. The lowest BCUT2D eigenvalue weighted by molar-refractivity contribution is -0.160. The van der Waals surface area contributed by atoms with Crippen LogP contribution in [0.2, 0.25) is 0 Å². The van der Waals surface area contributed by atoms with Crippen molar-refractivity contribution in [2.75, 3.05) is 33.4 Å². The first-order valence-corrected chi connectivity index (χ1v) is 5.13. The summed E-state index contributed by atoms with van der Waals surface area (Å²) in [5.74, 6) is -0.311. The maximum atomic E-state index is 11.3. The molecule has 2 N–H and O–H groups in total. The summed E-state index contributed by atoms with van der Waals surface area (Å²) in [5, 5.41) is 0. The predicted molar refractivity (Wildman–Crippen MR) is 63.7 cm³/mol. The van der Waals surface area contributed by atoms with Gasteiger partial charge in [0.15, 0.2) is 6.10 Å². The van der Waals surface area contributed by atoms with Crippen LogP contribution in [0.15, 0.2) is 0 Å². The fourth-order valence-corrected chi connectivity index (χ4v) is 1.70. The summed E-state index contributed by atoms with van der Waals surface area (Å²) in [6.07, 6.45) is -0.467. The highest BCUT2D eigenvalue weighted by molar-refractivity contribution is 5.85. The molecule has 0 spiro atoms. The van der Waals surface area contributed by atoms with Gasteiger partial charge >= 0.3 is 5.97 Å². The van der Waals surface area contributed by atoms with Crippen LogP contribution < -0.4 is 5.73 Å². The van der Waals surface area contributed by atoms with E-state index in [-0.39, 0.29) is 23.9 Å². The molecule has 1 fully saturated rings. The van der Waals surface area contributed by atoms with Gasteiger partial charge in [-0.2, -0.15) is 0 Å². The molecule has 1 saturated heterocycles. The molecule has 0 amide bonds. The van der Waals surface area contributed by atoms with Crippen LogP contribution in [0, 0.1) is 0 Å². The minimum atomic E-state index is -0.467. The molecule has 1 heterocycles. The normalized spacial score (nSPS) is 22.4. The van der Waals surface area contributed by atoms with E-state index in [1.54, 1.807) is 0 Å². The van der Waals surface area contributed by atoms with Gasteiger partial charge in [-0.1, -0.05) is 0 Å². The van der Waals surface area contributed by atoms with Gasteiger partial charge in [0.25, 0.3) is 0 Å². The Balaban J connectivity index is 0.00000225. The maximum absolute atomic E-state index is 11.3. The molecular weight excluding hydrogens is 232 g/mol. The van der Waals surface area contributed by atoms with Gasteiger partial charge in [0.2, 0.25) is 0 Å². The molecule has 0 radical (unpaired) electrons. The molecule has 0 aromatic carbocycles. The summed E-state index contributed by atoms with van der Waals surface area (Å²) in [6, 6.07) is 0. The van der Waals surface area contributed by atoms with Crippen molar-refractivity contribution in [3.63, 3.8) is 0 Å². The number of nitrogens with two attached hydrogens (primary N) is 1. The second-order valence-corrected chi connectivity index (χ2v) is 4.61. The average molecular weight is 253 g/mol. The van der Waals surface area contributed by atoms with Gasteiger partial charge in [-0.3, -0.25) is 4.90 Å². The maximum Gasteiger partial charge on any atom is 0.336 e. The van der Waals surface area contributed by atoms with E-state index in [9.17, 15) is 4.79 Å².